The van der Waals surface area contributed by atoms with Gasteiger partial charge in [0.2, 0.25) is 0 Å². The summed E-state index contributed by atoms with van der Waals surface area (Å²) in [5.41, 5.74) is 1.21. The summed E-state index contributed by atoms with van der Waals surface area (Å²) in [7, 11) is 0. The first-order chi connectivity index (χ1) is 15.1. The maximum Gasteiger partial charge on any atom is 0.258 e. The lowest BCUT2D eigenvalue weighted by molar-refractivity contribution is 0.101. The molecular formula is C23H22FN5O2. The van der Waals surface area contributed by atoms with Gasteiger partial charge in [0.05, 0.1) is 16.8 Å². The molecule has 0 saturated carbocycles. The van der Waals surface area contributed by atoms with Crippen LogP contribution in [-0.2, 0) is 0 Å². The molecule has 0 radical (unpaired) electrons. The van der Waals surface area contributed by atoms with E-state index in [1.807, 2.05) is 23.1 Å². The van der Waals surface area contributed by atoms with Gasteiger partial charge in [0, 0.05) is 38.1 Å². The fourth-order valence-electron chi connectivity index (χ4n) is 3.36. The zero-order valence-corrected chi connectivity index (χ0v) is 16.8. The van der Waals surface area contributed by atoms with Crippen molar-refractivity contribution in [3.8, 4) is 0 Å². The second-order valence-corrected chi connectivity index (χ2v) is 7.09. The Bertz CT molecular complexity index is 1080. The van der Waals surface area contributed by atoms with Crippen LogP contribution in [0.15, 0.2) is 66.9 Å². The number of carbonyl (C=O) groups excluding carboxylic acids is 2. The van der Waals surface area contributed by atoms with Gasteiger partial charge in [0.1, 0.15) is 5.82 Å². The number of para-hydroxylation sites is 1. The molecule has 0 spiro atoms. The summed E-state index contributed by atoms with van der Waals surface area (Å²) < 4.78 is 14.1. The molecule has 1 saturated heterocycles. The third-order valence-corrected chi connectivity index (χ3v) is 4.94. The number of aromatic nitrogens is 1. The van der Waals surface area contributed by atoms with Crippen LogP contribution in [0.3, 0.4) is 0 Å². The molecular weight excluding hydrogens is 397 g/mol. The van der Waals surface area contributed by atoms with Gasteiger partial charge in [0.25, 0.3) is 11.8 Å². The van der Waals surface area contributed by atoms with Crippen LogP contribution in [0.1, 0.15) is 20.7 Å². The number of benzene rings is 2. The van der Waals surface area contributed by atoms with Crippen LogP contribution in [0.5, 0.6) is 0 Å². The van der Waals surface area contributed by atoms with Crippen LogP contribution in [0, 0.1) is 5.82 Å². The van der Waals surface area contributed by atoms with Gasteiger partial charge < -0.3 is 20.9 Å². The van der Waals surface area contributed by atoms with E-state index >= 15 is 0 Å². The standard InChI is InChI=1S/C23H22FN5O2/c24-19-9-5-4-8-18(19)23(31)28-20-14-16(22(30)27-17-6-2-1-3-7-17)15-26-21(20)29-12-10-25-11-13-29/h1-9,14-15,25H,10-13H2,(H,27,30)(H,28,31). The summed E-state index contributed by atoms with van der Waals surface area (Å²) in [5, 5.41) is 8.81. The second kappa shape index (κ2) is 9.36. The van der Waals surface area contributed by atoms with Crippen molar-refractivity contribution >= 4 is 29.0 Å². The van der Waals surface area contributed by atoms with Gasteiger partial charge in [-0.2, -0.15) is 0 Å². The van der Waals surface area contributed by atoms with Crippen LogP contribution >= 0.6 is 0 Å². The average molecular weight is 419 g/mol. The van der Waals surface area contributed by atoms with Gasteiger partial charge >= 0.3 is 0 Å². The van der Waals surface area contributed by atoms with E-state index in [1.54, 1.807) is 24.3 Å². The summed E-state index contributed by atoms with van der Waals surface area (Å²) in [5.74, 6) is -1.03. The van der Waals surface area contributed by atoms with Crippen molar-refractivity contribution in [2.45, 2.75) is 0 Å². The number of amides is 2. The molecule has 1 aromatic heterocycles. The predicted molar refractivity (Wildman–Crippen MR) is 118 cm³/mol. The Morgan fingerprint density at radius 2 is 1.65 bits per heavy atom. The van der Waals surface area contributed by atoms with Crippen LogP contribution in [0.2, 0.25) is 0 Å². The zero-order valence-electron chi connectivity index (χ0n) is 16.8. The normalized spacial score (nSPS) is 13.5. The van der Waals surface area contributed by atoms with Gasteiger partial charge in [-0.05, 0) is 30.3 Å². The highest BCUT2D eigenvalue weighted by atomic mass is 19.1. The highest BCUT2D eigenvalue weighted by Crippen LogP contribution is 2.26. The number of anilines is 3. The number of rotatable bonds is 5. The number of pyridine rings is 1. The molecule has 2 amide bonds. The Morgan fingerprint density at radius 1 is 0.935 bits per heavy atom. The third-order valence-electron chi connectivity index (χ3n) is 4.94. The summed E-state index contributed by atoms with van der Waals surface area (Å²) in [6.45, 7) is 2.95. The molecule has 4 rings (SSSR count). The Hall–Kier alpha value is -3.78. The first-order valence-corrected chi connectivity index (χ1v) is 10.00. The summed E-state index contributed by atoms with van der Waals surface area (Å²) in [4.78, 5) is 31.9. The fourth-order valence-corrected chi connectivity index (χ4v) is 3.36. The minimum atomic E-state index is -0.616. The van der Waals surface area contributed by atoms with Crippen molar-refractivity contribution in [3.05, 3.63) is 83.8 Å². The van der Waals surface area contributed by atoms with E-state index in [2.05, 4.69) is 20.9 Å². The van der Waals surface area contributed by atoms with E-state index in [4.69, 9.17) is 0 Å². The minimum Gasteiger partial charge on any atom is -0.352 e. The molecule has 1 aliphatic rings. The zero-order chi connectivity index (χ0) is 21.6. The molecule has 2 heterocycles. The van der Waals surface area contributed by atoms with Gasteiger partial charge in [-0.1, -0.05) is 30.3 Å². The molecule has 0 aliphatic carbocycles. The average Bonchev–Trinajstić information content (AvgIpc) is 2.80. The topological polar surface area (TPSA) is 86.4 Å². The molecule has 0 unspecified atom stereocenters. The SMILES string of the molecule is O=C(Nc1ccccc1)c1cnc(N2CCNCC2)c(NC(=O)c2ccccc2F)c1. The number of piperazine rings is 1. The Kier molecular flexibility index (Phi) is 6.18. The van der Waals surface area contributed by atoms with E-state index < -0.39 is 11.7 Å². The molecule has 3 N–H and O–H groups in total. The molecule has 2 aromatic carbocycles. The van der Waals surface area contributed by atoms with E-state index in [-0.39, 0.29) is 17.0 Å². The number of hydrogen-bond donors (Lipinski definition) is 3. The number of nitrogens with zero attached hydrogens (tertiary/aromatic N) is 2. The Morgan fingerprint density at radius 3 is 2.39 bits per heavy atom. The first-order valence-electron chi connectivity index (χ1n) is 10.00. The van der Waals surface area contributed by atoms with Gasteiger partial charge in [-0.15, -0.1) is 0 Å². The summed E-state index contributed by atoms with van der Waals surface area (Å²) >= 11 is 0. The lowest BCUT2D eigenvalue weighted by Crippen LogP contribution is -2.44. The molecule has 3 aromatic rings. The van der Waals surface area contributed by atoms with Crippen molar-refractivity contribution in [2.75, 3.05) is 41.7 Å². The van der Waals surface area contributed by atoms with Crippen LogP contribution in [0.4, 0.5) is 21.6 Å². The van der Waals surface area contributed by atoms with Crippen molar-refractivity contribution in [1.29, 1.82) is 0 Å². The quantitative estimate of drug-likeness (QED) is 0.592. The Labute approximate surface area is 179 Å². The molecule has 1 aliphatic heterocycles. The van der Waals surface area contributed by atoms with Gasteiger partial charge in [-0.3, -0.25) is 9.59 Å². The molecule has 1 fully saturated rings. The highest BCUT2D eigenvalue weighted by Gasteiger charge is 2.21. The molecule has 0 atom stereocenters. The number of nitrogens with one attached hydrogen (secondary N) is 3. The Balaban J connectivity index is 1.64. The van der Waals surface area contributed by atoms with E-state index in [1.165, 1.54) is 24.4 Å². The van der Waals surface area contributed by atoms with Crippen molar-refractivity contribution < 1.29 is 14.0 Å². The lowest BCUT2D eigenvalue weighted by Gasteiger charge is -2.30. The predicted octanol–water partition coefficient (Wildman–Crippen LogP) is 3.13. The van der Waals surface area contributed by atoms with Crippen molar-refractivity contribution in [1.82, 2.24) is 10.3 Å². The van der Waals surface area contributed by atoms with E-state index in [0.717, 1.165) is 13.1 Å². The van der Waals surface area contributed by atoms with Crippen LogP contribution in [0.25, 0.3) is 0 Å². The monoisotopic (exact) mass is 419 g/mol. The lowest BCUT2D eigenvalue weighted by atomic mass is 10.1. The maximum absolute atomic E-state index is 14.1. The molecule has 158 valence electrons. The summed E-state index contributed by atoms with van der Waals surface area (Å²) in [6, 6.07) is 16.4. The molecule has 7 nitrogen and oxygen atoms in total. The van der Waals surface area contributed by atoms with Crippen LogP contribution < -0.4 is 20.9 Å². The second-order valence-electron chi connectivity index (χ2n) is 7.09. The first kappa shape index (κ1) is 20.5. The number of halogens is 1. The highest BCUT2D eigenvalue weighted by molar-refractivity contribution is 6.08. The van der Waals surface area contributed by atoms with Crippen LogP contribution in [-0.4, -0.2) is 43.0 Å². The maximum atomic E-state index is 14.1. The van der Waals surface area contributed by atoms with Crippen molar-refractivity contribution in [2.24, 2.45) is 0 Å². The minimum absolute atomic E-state index is 0.0760. The third kappa shape index (κ3) is 4.87. The van der Waals surface area contributed by atoms with Gasteiger partial charge in [-0.25, -0.2) is 9.37 Å². The van der Waals surface area contributed by atoms with E-state index in [0.29, 0.717) is 30.3 Å². The van der Waals surface area contributed by atoms with E-state index in [9.17, 15) is 14.0 Å². The largest absolute Gasteiger partial charge is 0.352 e. The number of carbonyl (C=O) groups is 2. The molecule has 8 heteroatoms. The van der Waals surface area contributed by atoms with Gasteiger partial charge in [0.15, 0.2) is 5.82 Å². The smallest absolute Gasteiger partial charge is 0.258 e. The van der Waals surface area contributed by atoms with Crippen molar-refractivity contribution in [3.63, 3.8) is 0 Å². The molecule has 0 bridgehead atoms. The summed E-state index contributed by atoms with van der Waals surface area (Å²) in [6.07, 6.45) is 1.48. The fraction of sp³-hybridized carbons (Fsp3) is 0.174. The number of hydrogen-bond acceptors (Lipinski definition) is 5. The molecule has 31 heavy (non-hydrogen) atoms.